The van der Waals surface area contributed by atoms with Crippen molar-refractivity contribution in [1.29, 1.82) is 0 Å². The smallest absolute Gasteiger partial charge is 0.270 e. The van der Waals surface area contributed by atoms with Gasteiger partial charge in [-0.25, -0.2) is 0 Å². The fourth-order valence-corrected chi connectivity index (χ4v) is 4.68. The fourth-order valence-electron chi connectivity index (χ4n) is 4.17. The first kappa shape index (κ1) is 14.1. The minimum atomic E-state index is -0.0183. The number of rotatable bonds is 3. The van der Waals surface area contributed by atoms with E-state index in [4.69, 9.17) is 0 Å². The van der Waals surface area contributed by atoms with Crippen LogP contribution in [0.15, 0.2) is 4.47 Å². The summed E-state index contributed by atoms with van der Waals surface area (Å²) >= 11 is 3.46. The molecular formula is C15H22BrN3O. The lowest BCUT2D eigenvalue weighted by atomic mass is 9.84. The quantitative estimate of drug-likeness (QED) is 0.919. The Balaban J connectivity index is 1.69. The lowest BCUT2D eigenvalue weighted by molar-refractivity contribution is 0.0905. The molecule has 20 heavy (non-hydrogen) atoms. The predicted molar refractivity (Wildman–Crippen MR) is 81.5 cm³/mol. The average Bonchev–Trinajstić information content (AvgIpc) is 3.05. The molecule has 1 aromatic rings. The van der Waals surface area contributed by atoms with Crippen LogP contribution in [0.5, 0.6) is 0 Å². The summed E-state index contributed by atoms with van der Waals surface area (Å²) in [5.74, 6) is 2.38. The van der Waals surface area contributed by atoms with Gasteiger partial charge in [-0.2, -0.15) is 5.10 Å². The number of nitrogens with zero attached hydrogens (tertiary/aromatic N) is 2. The van der Waals surface area contributed by atoms with E-state index in [-0.39, 0.29) is 11.9 Å². The Morgan fingerprint density at radius 1 is 1.45 bits per heavy atom. The molecule has 2 aliphatic rings. The number of amides is 1. The highest BCUT2D eigenvalue weighted by atomic mass is 79.9. The van der Waals surface area contributed by atoms with Crippen LogP contribution in [0.3, 0.4) is 0 Å². The van der Waals surface area contributed by atoms with Crippen LogP contribution in [0.2, 0.25) is 0 Å². The van der Waals surface area contributed by atoms with Crippen molar-refractivity contribution in [2.45, 2.75) is 45.6 Å². The summed E-state index contributed by atoms with van der Waals surface area (Å²) in [6, 6.07) is 0.250. The maximum Gasteiger partial charge on any atom is 0.270 e. The monoisotopic (exact) mass is 339 g/mol. The van der Waals surface area contributed by atoms with Gasteiger partial charge in [-0.1, -0.05) is 6.42 Å². The molecule has 0 aromatic carbocycles. The van der Waals surface area contributed by atoms with E-state index in [1.165, 1.54) is 25.7 Å². The summed E-state index contributed by atoms with van der Waals surface area (Å²) in [7, 11) is 1.81. The third-order valence-corrected chi connectivity index (χ3v) is 6.11. The number of aryl methyl sites for hydroxylation is 2. The van der Waals surface area contributed by atoms with Gasteiger partial charge >= 0.3 is 0 Å². The van der Waals surface area contributed by atoms with Gasteiger partial charge in [0.1, 0.15) is 5.69 Å². The molecule has 1 amide bonds. The topological polar surface area (TPSA) is 46.9 Å². The number of nitrogens with one attached hydrogen (secondary N) is 1. The van der Waals surface area contributed by atoms with Crippen LogP contribution >= 0.6 is 15.9 Å². The molecule has 4 atom stereocenters. The second kappa shape index (κ2) is 5.17. The Labute approximate surface area is 128 Å². The fraction of sp³-hybridized carbons (Fsp3) is 0.733. The third kappa shape index (κ3) is 2.30. The molecule has 0 spiro atoms. The summed E-state index contributed by atoms with van der Waals surface area (Å²) in [5, 5.41) is 7.47. The van der Waals surface area contributed by atoms with Crippen molar-refractivity contribution in [3.05, 3.63) is 15.9 Å². The van der Waals surface area contributed by atoms with Crippen LogP contribution in [0.1, 0.15) is 48.8 Å². The van der Waals surface area contributed by atoms with Crippen molar-refractivity contribution in [2.24, 2.45) is 24.8 Å². The lowest BCUT2D eigenvalue weighted by Crippen LogP contribution is -2.40. The van der Waals surface area contributed by atoms with Crippen LogP contribution in [-0.4, -0.2) is 21.7 Å². The Morgan fingerprint density at radius 3 is 2.70 bits per heavy atom. The minimum Gasteiger partial charge on any atom is -0.348 e. The number of carbonyl (C=O) groups excluding carboxylic acids is 1. The van der Waals surface area contributed by atoms with Gasteiger partial charge in [-0.05, 0) is 66.8 Å². The molecule has 2 bridgehead atoms. The van der Waals surface area contributed by atoms with Gasteiger partial charge in [0.05, 0.1) is 10.2 Å². The van der Waals surface area contributed by atoms with Gasteiger partial charge in [-0.15, -0.1) is 0 Å². The SMILES string of the molecule is Cc1nn(C)c(C(=O)N[C@H](C)[C@H]2C[C@@H]3CC[C@@H]2C3)c1Br. The van der Waals surface area contributed by atoms with Gasteiger partial charge in [-0.3, -0.25) is 9.48 Å². The largest absolute Gasteiger partial charge is 0.348 e. The normalized spacial score (nSPS) is 29.7. The summed E-state index contributed by atoms with van der Waals surface area (Å²) in [4.78, 5) is 12.5. The van der Waals surface area contributed by atoms with Gasteiger partial charge < -0.3 is 5.32 Å². The van der Waals surface area contributed by atoms with E-state index < -0.39 is 0 Å². The summed E-state index contributed by atoms with van der Waals surface area (Å²) in [6.45, 7) is 4.06. The number of carbonyl (C=O) groups is 1. The number of aromatic nitrogens is 2. The van der Waals surface area contributed by atoms with Crippen LogP contribution in [-0.2, 0) is 7.05 Å². The predicted octanol–water partition coefficient (Wildman–Crippen LogP) is 3.05. The molecule has 1 heterocycles. The first-order valence-corrected chi connectivity index (χ1v) is 8.26. The van der Waals surface area contributed by atoms with Crippen molar-refractivity contribution >= 4 is 21.8 Å². The van der Waals surface area contributed by atoms with Crippen LogP contribution in [0.4, 0.5) is 0 Å². The van der Waals surface area contributed by atoms with E-state index in [9.17, 15) is 4.79 Å². The maximum absolute atomic E-state index is 12.5. The summed E-state index contributed by atoms with van der Waals surface area (Å²) in [5.41, 5.74) is 1.47. The number of fused-ring (bicyclic) bond motifs is 2. The first-order valence-electron chi connectivity index (χ1n) is 7.47. The highest BCUT2D eigenvalue weighted by Crippen LogP contribution is 2.49. The zero-order chi connectivity index (χ0) is 14.4. The Kier molecular flexibility index (Phi) is 3.65. The van der Waals surface area contributed by atoms with E-state index in [2.05, 4.69) is 33.3 Å². The number of halogens is 1. The van der Waals surface area contributed by atoms with Crippen molar-refractivity contribution in [3.8, 4) is 0 Å². The molecule has 4 nitrogen and oxygen atoms in total. The molecule has 1 N–H and O–H groups in total. The zero-order valence-electron chi connectivity index (χ0n) is 12.3. The standard InChI is InChI=1S/C15H22BrN3O/c1-8(12-7-10-4-5-11(12)6-10)17-15(20)14-13(16)9(2)18-19(14)3/h8,10-12H,4-7H2,1-3H3,(H,17,20)/t8-,10-,11-,12-/m1/s1. The summed E-state index contributed by atoms with van der Waals surface area (Å²) in [6.07, 6.45) is 5.41. The van der Waals surface area contributed by atoms with Crippen LogP contribution in [0.25, 0.3) is 0 Å². The molecule has 1 aromatic heterocycles. The van der Waals surface area contributed by atoms with Gasteiger partial charge in [0.25, 0.3) is 5.91 Å². The second-order valence-electron chi connectivity index (χ2n) is 6.47. The van der Waals surface area contributed by atoms with E-state index in [1.54, 1.807) is 4.68 Å². The Morgan fingerprint density at radius 2 is 2.20 bits per heavy atom. The lowest BCUT2D eigenvalue weighted by Gasteiger charge is -2.28. The third-order valence-electron chi connectivity index (χ3n) is 5.16. The van der Waals surface area contributed by atoms with E-state index in [1.807, 2.05) is 14.0 Å². The molecule has 0 radical (unpaired) electrons. The van der Waals surface area contributed by atoms with E-state index in [0.717, 1.165) is 22.0 Å². The second-order valence-corrected chi connectivity index (χ2v) is 7.27. The van der Waals surface area contributed by atoms with Crippen molar-refractivity contribution in [2.75, 3.05) is 0 Å². The highest BCUT2D eigenvalue weighted by Gasteiger charge is 2.42. The molecule has 3 rings (SSSR count). The van der Waals surface area contributed by atoms with Crippen molar-refractivity contribution in [3.63, 3.8) is 0 Å². The molecule has 0 aliphatic heterocycles. The minimum absolute atomic E-state index is 0.0183. The Hall–Kier alpha value is -0.840. The van der Waals surface area contributed by atoms with E-state index >= 15 is 0 Å². The Bertz CT molecular complexity index is 539. The molecule has 2 saturated carbocycles. The number of hydrogen-bond acceptors (Lipinski definition) is 2. The van der Waals surface area contributed by atoms with Gasteiger partial charge in [0.15, 0.2) is 0 Å². The van der Waals surface area contributed by atoms with Crippen LogP contribution in [0, 0.1) is 24.7 Å². The van der Waals surface area contributed by atoms with Crippen molar-refractivity contribution < 1.29 is 4.79 Å². The zero-order valence-corrected chi connectivity index (χ0v) is 13.9. The average molecular weight is 340 g/mol. The van der Waals surface area contributed by atoms with E-state index in [0.29, 0.717) is 11.6 Å². The molecule has 0 saturated heterocycles. The molecule has 2 aliphatic carbocycles. The molecule has 110 valence electrons. The molecule has 5 heteroatoms. The number of hydrogen-bond donors (Lipinski definition) is 1. The highest BCUT2D eigenvalue weighted by molar-refractivity contribution is 9.10. The summed E-state index contributed by atoms with van der Waals surface area (Å²) < 4.78 is 2.46. The maximum atomic E-state index is 12.5. The molecular weight excluding hydrogens is 318 g/mol. The first-order chi connectivity index (χ1) is 9.47. The van der Waals surface area contributed by atoms with Gasteiger partial charge in [0, 0.05) is 13.1 Å². The molecule has 0 unspecified atom stereocenters. The van der Waals surface area contributed by atoms with Crippen molar-refractivity contribution in [1.82, 2.24) is 15.1 Å². The molecule has 2 fully saturated rings. The van der Waals surface area contributed by atoms with Gasteiger partial charge in [0.2, 0.25) is 0 Å². The van der Waals surface area contributed by atoms with Crippen LogP contribution < -0.4 is 5.32 Å².